The molecule has 0 amide bonds. The van der Waals surface area contributed by atoms with Crippen LogP contribution in [0.15, 0.2) is 59.1 Å². The fraction of sp³-hybridized carbons (Fsp3) is 0.273. The van der Waals surface area contributed by atoms with Crippen LogP contribution in [0, 0.1) is 6.92 Å². The number of allylic oxidation sites excluding steroid dienone is 1. The second kappa shape index (κ2) is 7.70. The minimum atomic E-state index is -3.96. The Bertz CT molecular complexity index is 1170. The Hall–Kier alpha value is -2.97. The number of carbonyl (C=O) groups excluding carboxylic acids is 2. The lowest BCUT2D eigenvalue weighted by Gasteiger charge is -2.23. The van der Waals surface area contributed by atoms with Crippen molar-refractivity contribution in [1.82, 2.24) is 0 Å². The van der Waals surface area contributed by atoms with Gasteiger partial charge in [-0.1, -0.05) is 38.1 Å². The number of likely N-dealkylation sites (N-methyl/N-ethyl adjacent to an activating group) is 1. The van der Waals surface area contributed by atoms with E-state index in [0.29, 0.717) is 5.56 Å². The van der Waals surface area contributed by atoms with E-state index >= 15 is 0 Å². The molecule has 0 radical (unpaired) electrons. The number of benzene rings is 2. The van der Waals surface area contributed by atoms with E-state index in [4.69, 9.17) is 9.88 Å². The molecular weight excluding hydrogens is 404 g/mol. The molecule has 0 saturated carbocycles. The van der Waals surface area contributed by atoms with Gasteiger partial charge in [0, 0.05) is 29.9 Å². The van der Waals surface area contributed by atoms with Gasteiger partial charge >= 0.3 is 5.97 Å². The zero-order chi connectivity index (χ0) is 22.3. The first kappa shape index (κ1) is 21.7. The van der Waals surface area contributed by atoms with Gasteiger partial charge in [0.25, 0.3) is 0 Å². The van der Waals surface area contributed by atoms with Crippen molar-refractivity contribution in [2.45, 2.75) is 31.1 Å². The van der Waals surface area contributed by atoms with Crippen molar-refractivity contribution in [2.24, 2.45) is 5.14 Å². The van der Waals surface area contributed by atoms with Crippen LogP contribution in [0.25, 0.3) is 0 Å². The highest BCUT2D eigenvalue weighted by Gasteiger charge is 2.38. The predicted octanol–water partition coefficient (Wildman–Crippen LogP) is 2.68. The zero-order valence-electron chi connectivity index (χ0n) is 17.3. The molecule has 1 heterocycles. The highest BCUT2D eigenvalue weighted by Crippen LogP contribution is 2.46. The molecule has 1 aliphatic heterocycles. The van der Waals surface area contributed by atoms with Gasteiger partial charge in [0.2, 0.25) is 10.0 Å². The SMILES string of the molecule is Cc1ccc(S(N)(=O)=O)cc1C(=O)OCC(=O)/C=C1\N(C)c2ccccc2C1(C)C. The molecule has 0 bridgehead atoms. The third kappa shape index (κ3) is 4.01. The Morgan fingerprint density at radius 3 is 2.47 bits per heavy atom. The number of anilines is 1. The van der Waals surface area contributed by atoms with Crippen molar-refractivity contribution in [2.75, 3.05) is 18.6 Å². The Morgan fingerprint density at radius 2 is 1.83 bits per heavy atom. The van der Waals surface area contributed by atoms with Crippen molar-refractivity contribution in [3.63, 3.8) is 0 Å². The lowest BCUT2D eigenvalue weighted by Crippen LogP contribution is -2.25. The van der Waals surface area contributed by atoms with Gasteiger partial charge in [-0.05, 0) is 36.2 Å². The lowest BCUT2D eigenvalue weighted by molar-refractivity contribution is -0.117. The van der Waals surface area contributed by atoms with Gasteiger partial charge in [-0.15, -0.1) is 0 Å². The molecular formula is C22H24N2O5S. The summed E-state index contributed by atoms with van der Waals surface area (Å²) in [7, 11) is -2.07. The molecule has 2 N–H and O–H groups in total. The van der Waals surface area contributed by atoms with E-state index in [1.54, 1.807) is 6.92 Å². The molecule has 3 rings (SSSR count). The van der Waals surface area contributed by atoms with Gasteiger partial charge in [0.15, 0.2) is 12.4 Å². The van der Waals surface area contributed by atoms with Gasteiger partial charge in [0.05, 0.1) is 10.5 Å². The van der Waals surface area contributed by atoms with Gasteiger partial charge in [0.1, 0.15) is 0 Å². The summed E-state index contributed by atoms with van der Waals surface area (Å²) in [6.45, 7) is 5.24. The third-order valence-electron chi connectivity index (χ3n) is 5.34. The number of aryl methyl sites for hydroxylation is 1. The standard InChI is InChI=1S/C22H24N2O5S/c1-14-9-10-16(30(23,27)28)12-17(14)21(26)29-13-15(25)11-20-22(2,3)18-7-5-6-8-19(18)24(20)4/h5-12H,13H2,1-4H3,(H2,23,27,28)/b20-11-. The first-order chi connectivity index (χ1) is 13.9. The Kier molecular flexibility index (Phi) is 5.58. The number of rotatable bonds is 5. The van der Waals surface area contributed by atoms with Crippen LogP contribution in [0.1, 0.15) is 35.3 Å². The molecule has 1 aliphatic rings. The number of ketones is 1. The summed E-state index contributed by atoms with van der Waals surface area (Å²) in [5.41, 5.74) is 3.13. The number of carbonyl (C=O) groups is 2. The molecule has 2 aromatic rings. The number of hydrogen-bond acceptors (Lipinski definition) is 6. The minimum absolute atomic E-state index is 0.0488. The van der Waals surface area contributed by atoms with Crippen LogP contribution < -0.4 is 10.0 Å². The van der Waals surface area contributed by atoms with Crippen LogP contribution in [-0.4, -0.2) is 33.8 Å². The average molecular weight is 429 g/mol. The zero-order valence-corrected chi connectivity index (χ0v) is 18.1. The number of sulfonamides is 1. The molecule has 7 nitrogen and oxygen atoms in total. The second-order valence-corrected chi connectivity index (χ2v) is 9.36. The molecule has 30 heavy (non-hydrogen) atoms. The summed E-state index contributed by atoms with van der Waals surface area (Å²) in [4.78, 5) is 26.7. The number of nitrogens with two attached hydrogens (primary N) is 1. The highest BCUT2D eigenvalue weighted by atomic mass is 32.2. The Morgan fingerprint density at radius 1 is 1.17 bits per heavy atom. The van der Waals surface area contributed by atoms with E-state index in [9.17, 15) is 18.0 Å². The maximum Gasteiger partial charge on any atom is 0.338 e. The van der Waals surface area contributed by atoms with Crippen LogP contribution in [0.4, 0.5) is 5.69 Å². The van der Waals surface area contributed by atoms with E-state index in [1.165, 1.54) is 18.2 Å². The molecule has 0 saturated heterocycles. The minimum Gasteiger partial charge on any atom is -0.454 e. The van der Waals surface area contributed by atoms with Gasteiger partial charge in [-0.2, -0.15) is 0 Å². The van der Waals surface area contributed by atoms with E-state index in [1.807, 2.05) is 50.1 Å². The molecule has 158 valence electrons. The smallest absolute Gasteiger partial charge is 0.338 e. The van der Waals surface area contributed by atoms with Crippen molar-refractivity contribution in [3.8, 4) is 0 Å². The van der Waals surface area contributed by atoms with Crippen molar-refractivity contribution in [1.29, 1.82) is 0 Å². The van der Waals surface area contributed by atoms with Crippen molar-refractivity contribution in [3.05, 3.63) is 70.9 Å². The molecule has 0 aliphatic carbocycles. The van der Waals surface area contributed by atoms with E-state index in [2.05, 4.69) is 0 Å². The molecule has 0 aromatic heterocycles. The second-order valence-electron chi connectivity index (χ2n) is 7.79. The van der Waals surface area contributed by atoms with E-state index in [-0.39, 0.29) is 21.7 Å². The fourth-order valence-electron chi connectivity index (χ4n) is 3.67. The lowest BCUT2D eigenvalue weighted by atomic mass is 9.83. The number of fused-ring (bicyclic) bond motifs is 1. The van der Waals surface area contributed by atoms with Crippen LogP contribution in [-0.2, 0) is 25.0 Å². The largest absolute Gasteiger partial charge is 0.454 e. The number of nitrogens with zero attached hydrogens (tertiary/aromatic N) is 1. The third-order valence-corrected chi connectivity index (χ3v) is 6.25. The summed E-state index contributed by atoms with van der Waals surface area (Å²) in [5.74, 6) is -1.15. The van der Waals surface area contributed by atoms with Crippen LogP contribution in [0.2, 0.25) is 0 Å². The normalized spacial score (nSPS) is 16.4. The summed E-state index contributed by atoms with van der Waals surface area (Å²) >= 11 is 0. The van der Waals surface area contributed by atoms with Gasteiger partial charge in [-0.25, -0.2) is 18.4 Å². The topological polar surface area (TPSA) is 107 Å². The number of ether oxygens (including phenoxy) is 1. The quantitative estimate of drug-likeness (QED) is 0.580. The van der Waals surface area contributed by atoms with Gasteiger partial charge < -0.3 is 9.64 Å². The molecule has 0 unspecified atom stereocenters. The molecule has 0 fully saturated rings. The van der Waals surface area contributed by atoms with Crippen LogP contribution in [0.5, 0.6) is 0 Å². The fourth-order valence-corrected chi connectivity index (χ4v) is 4.21. The number of para-hydroxylation sites is 1. The molecule has 0 spiro atoms. The van der Waals surface area contributed by atoms with Crippen LogP contribution in [0.3, 0.4) is 0 Å². The molecule has 8 heteroatoms. The first-order valence-corrected chi connectivity index (χ1v) is 10.9. The predicted molar refractivity (Wildman–Crippen MR) is 114 cm³/mol. The maximum absolute atomic E-state index is 12.5. The van der Waals surface area contributed by atoms with Gasteiger partial charge in [-0.3, -0.25) is 4.79 Å². The van der Waals surface area contributed by atoms with E-state index < -0.39 is 22.6 Å². The Balaban J connectivity index is 1.76. The summed E-state index contributed by atoms with van der Waals surface area (Å²) in [6, 6.07) is 11.8. The van der Waals surface area contributed by atoms with E-state index in [0.717, 1.165) is 23.0 Å². The number of primary sulfonamides is 1. The molecule has 2 aromatic carbocycles. The highest BCUT2D eigenvalue weighted by molar-refractivity contribution is 7.89. The summed E-state index contributed by atoms with van der Waals surface area (Å²) < 4.78 is 28.2. The maximum atomic E-state index is 12.5. The number of esters is 1. The first-order valence-electron chi connectivity index (χ1n) is 9.31. The monoisotopic (exact) mass is 428 g/mol. The Labute approximate surface area is 176 Å². The van der Waals surface area contributed by atoms with Crippen molar-refractivity contribution >= 4 is 27.5 Å². The van der Waals surface area contributed by atoms with Crippen LogP contribution >= 0.6 is 0 Å². The summed E-state index contributed by atoms with van der Waals surface area (Å²) in [6.07, 6.45) is 1.49. The number of hydrogen-bond donors (Lipinski definition) is 1. The summed E-state index contributed by atoms with van der Waals surface area (Å²) in [5, 5.41) is 5.12. The average Bonchev–Trinajstić information content (AvgIpc) is 2.86. The van der Waals surface area contributed by atoms with Crippen molar-refractivity contribution < 1.29 is 22.7 Å². The molecule has 0 atom stereocenters.